The molecule has 82 valence electrons. The zero-order valence-corrected chi connectivity index (χ0v) is 9.61. The molecule has 1 amide bonds. The van der Waals surface area contributed by atoms with Crippen LogP contribution in [0.25, 0.3) is 0 Å². The maximum Gasteiger partial charge on any atom is 0.256 e. The number of carbonyl (C=O) groups excluding carboxylic acids is 1. The van der Waals surface area contributed by atoms with Crippen LogP contribution in [-0.4, -0.2) is 5.91 Å². The molecule has 2 rings (SSSR count). The van der Waals surface area contributed by atoms with Crippen LogP contribution in [0.1, 0.15) is 10.4 Å². The zero-order valence-electron chi connectivity index (χ0n) is 8.04. The van der Waals surface area contributed by atoms with Gasteiger partial charge in [0.25, 0.3) is 5.91 Å². The molecule has 16 heavy (non-hydrogen) atoms. The van der Waals surface area contributed by atoms with E-state index in [2.05, 4.69) is 5.32 Å². The second kappa shape index (κ2) is 4.63. The minimum absolute atomic E-state index is 0.184. The molecule has 0 unspecified atom stereocenters. The Morgan fingerprint density at radius 3 is 2.81 bits per heavy atom. The highest BCUT2D eigenvalue weighted by Crippen LogP contribution is 2.23. The van der Waals surface area contributed by atoms with Gasteiger partial charge in [0.05, 0.1) is 16.3 Å². The van der Waals surface area contributed by atoms with Crippen LogP contribution in [0.15, 0.2) is 35.0 Å². The van der Waals surface area contributed by atoms with Crippen LogP contribution in [-0.2, 0) is 0 Å². The van der Waals surface area contributed by atoms with Crippen molar-refractivity contribution in [3.63, 3.8) is 0 Å². The van der Waals surface area contributed by atoms with Crippen molar-refractivity contribution in [3.05, 3.63) is 51.4 Å². The lowest BCUT2D eigenvalue weighted by Crippen LogP contribution is -2.11. The van der Waals surface area contributed by atoms with Crippen molar-refractivity contribution in [3.8, 4) is 0 Å². The summed E-state index contributed by atoms with van der Waals surface area (Å²) in [5.41, 5.74) is 0.963. The molecule has 0 saturated carbocycles. The van der Waals surface area contributed by atoms with Gasteiger partial charge in [-0.05, 0) is 29.6 Å². The molecule has 0 radical (unpaired) electrons. The van der Waals surface area contributed by atoms with Crippen molar-refractivity contribution in [2.75, 3.05) is 5.32 Å². The summed E-state index contributed by atoms with van der Waals surface area (Å²) < 4.78 is 12.8. The first-order valence-electron chi connectivity index (χ1n) is 4.45. The molecule has 1 aromatic heterocycles. The lowest BCUT2D eigenvalue weighted by Gasteiger charge is -2.05. The largest absolute Gasteiger partial charge is 0.321 e. The SMILES string of the molecule is O=C(Nc1ccc(F)cc1Cl)c1ccsc1. The van der Waals surface area contributed by atoms with Crippen molar-refractivity contribution in [1.29, 1.82) is 0 Å². The number of nitrogens with one attached hydrogen (secondary N) is 1. The number of thiophene rings is 1. The highest BCUT2D eigenvalue weighted by Gasteiger charge is 2.08. The molecule has 0 spiro atoms. The first-order chi connectivity index (χ1) is 7.66. The molecule has 0 fully saturated rings. The number of anilines is 1. The molecule has 2 aromatic rings. The average Bonchev–Trinajstić information content (AvgIpc) is 2.75. The number of hydrogen-bond donors (Lipinski definition) is 1. The van der Waals surface area contributed by atoms with Crippen LogP contribution in [0.5, 0.6) is 0 Å². The van der Waals surface area contributed by atoms with Gasteiger partial charge in [-0.2, -0.15) is 11.3 Å². The summed E-state index contributed by atoms with van der Waals surface area (Å²) in [6.45, 7) is 0. The van der Waals surface area contributed by atoms with Crippen LogP contribution in [0.2, 0.25) is 5.02 Å². The summed E-state index contributed by atoms with van der Waals surface area (Å²) in [4.78, 5) is 11.7. The number of amides is 1. The van der Waals surface area contributed by atoms with Gasteiger partial charge in [-0.1, -0.05) is 11.6 Å². The Labute approximate surface area is 101 Å². The molecular formula is C11H7ClFNOS. The smallest absolute Gasteiger partial charge is 0.256 e. The molecule has 0 saturated heterocycles. The predicted molar refractivity (Wildman–Crippen MR) is 63.7 cm³/mol. The van der Waals surface area contributed by atoms with Gasteiger partial charge in [-0.15, -0.1) is 0 Å². The molecular weight excluding hydrogens is 249 g/mol. The van der Waals surface area contributed by atoms with E-state index in [1.165, 1.54) is 23.5 Å². The summed E-state index contributed by atoms with van der Waals surface area (Å²) in [7, 11) is 0. The van der Waals surface area contributed by atoms with E-state index in [1.54, 1.807) is 16.8 Å². The van der Waals surface area contributed by atoms with Gasteiger partial charge in [0.1, 0.15) is 5.82 Å². The van der Waals surface area contributed by atoms with Gasteiger partial charge in [0.2, 0.25) is 0 Å². The van der Waals surface area contributed by atoms with Gasteiger partial charge in [0, 0.05) is 5.38 Å². The second-order valence-corrected chi connectivity index (χ2v) is 4.28. The molecule has 2 nitrogen and oxygen atoms in total. The molecule has 5 heteroatoms. The standard InChI is InChI=1S/C11H7ClFNOS/c12-9-5-8(13)1-2-10(9)14-11(15)7-3-4-16-6-7/h1-6H,(H,14,15). The maximum atomic E-state index is 12.8. The van der Waals surface area contributed by atoms with E-state index in [9.17, 15) is 9.18 Å². The number of benzene rings is 1. The Morgan fingerprint density at radius 1 is 1.38 bits per heavy atom. The Balaban J connectivity index is 2.18. The number of hydrogen-bond acceptors (Lipinski definition) is 2. The fourth-order valence-electron chi connectivity index (χ4n) is 1.18. The van der Waals surface area contributed by atoms with Crippen LogP contribution in [0.3, 0.4) is 0 Å². The van der Waals surface area contributed by atoms with Crippen LogP contribution < -0.4 is 5.32 Å². The summed E-state index contributed by atoms with van der Waals surface area (Å²) in [6.07, 6.45) is 0. The van der Waals surface area contributed by atoms with Crippen LogP contribution in [0.4, 0.5) is 10.1 Å². The Hall–Kier alpha value is -1.39. The fourth-order valence-corrected chi connectivity index (χ4v) is 2.03. The van der Waals surface area contributed by atoms with Gasteiger partial charge >= 0.3 is 0 Å². The highest BCUT2D eigenvalue weighted by molar-refractivity contribution is 7.08. The molecule has 1 N–H and O–H groups in total. The minimum Gasteiger partial charge on any atom is -0.321 e. The van der Waals surface area contributed by atoms with Crippen molar-refractivity contribution in [2.45, 2.75) is 0 Å². The molecule has 0 bridgehead atoms. The first kappa shape index (κ1) is 11.1. The van der Waals surface area contributed by atoms with Crippen LogP contribution >= 0.6 is 22.9 Å². The Kier molecular flexibility index (Phi) is 3.22. The van der Waals surface area contributed by atoms with E-state index in [4.69, 9.17) is 11.6 Å². The third-order valence-electron chi connectivity index (χ3n) is 1.96. The summed E-state index contributed by atoms with van der Waals surface area (Å²) in [5, 5.41) is 6.33. The van der Waals surface area contributed by atoms with Crippen LogP contribution in [0, 0.1) is 5.82 Å². The topological polar surface area (TPSA) is 29.1 Å². The van der Waals surface area contributed by atoms with E-state index >= 15 is 0 Å². The monoisotopic (exact) mass is 255 g/mol. The zero-order chi connectivity index (χ0) is 11.5. The van der Waals surface area contributed by atoms with Gasteiger partial charge in [-0.3, -0.25) is 4.79 Å². The summed E-state index contributed by atoms with van der Waals surface area (Å²) in [6, 6.07) is 5.54. The lowest BCUT2D eigenvalue weighted by molar-refractivity contribution is 0.102. The fraction of sp³-hybridized carbons (Fsp3) is 0. The third kappa shape index (κ3) is 2.40. The highest BCUT2D eigenvalue weighted by atomic mass is 35.5. The minimum atomic E-state index is -0.432. The predicted octanol–water partition coefficient (Wildman–Crippen LogP) is 3.79. The van der Waals surface area contributed by atoms with Gasteiger partial charge in [-0.25, -0.2) is 4.39 Å². The number of rotatable bonds is 2. The Bertz CT molecular complexity index is 513. The normalized spacial score (nSPS) is 10.1. The van der Waals surface area contributed by atoms with E-state index in [-0.39, 0.29) is 10.9 Å². The molecule has 1 aromatic carbocycles. The second-order valence-electron chi connectivity index (χ2n) is 3.09. The molecule has 0 atom stereocenters. The molecule has 0 aliphatic rings. The lowest BCUT2D eigenvalue weighted by atomic mass is 10.2. The molecule has 0 aliphatic carbocycles. The molecule has 1 heterocycles. The Morgan fingerprint density at radius 2 is 2.19 bits per heavy atom. The summed E-state index contributed by atoms with van der Waals surface area (Å²) >= 11 is 7.21. The molecule has 0 aliphatic heterocycles. The summed E-state index contributed by atoms with van der Waals surface area (Å²) in [5.74, 6) is -0.687. The van der Waals surface area contributed by atoms with Crippen molar-refractivity contribution < 1.29 is 9.18 Å². The van der Waals surface area contributed by atoms with E-state index in [0.29, 0.717) is 11.3 Å². The quantitative estimate of drug-likeness (QED) is 0.869. The van der Waals surface area contributed by atoms with Crippen molar-refractivity contribution in [2.24, 2.45) is 0 Å². The van der Waals surface area contributed by atoms with Crippen molar-refractivity contribution >= 4 is 34.5 Å². The number of carbonyl (C=O) groups is 1. The van der Waals surface area contributed by atoms with Crippen molar-refractivity contribution in [1.82, 2.24) is 0 Å². The van der Waals surface area contributed by atoms with Gasteiger partial charge in [0.15, 0.2) is 0 Å². The third-order valence-corrected chi connectivity index (χ3v) is 2.96. The van der Waals surface area contributed by atoms with E-state index in [1.807, 2.05) is 0 Å². The maximum absolute atomic E-state index is 12.8. The first-order valence-corrected chi connectivity index (χ1v) is 5.77. The van der Waals surface area contributed by atoms with E-state index < -0.39 is 5.82 Å². The van der Waals surface area contributed by atoms with Gasteiger partial charge < -0.3 is 5.32 Å². The average molecular weight is 256 g/mol. The van der Waals surface area contributed by atoms with E-state index in [0.717, 1.165) is 6.07 Å². The number of halogens is 2.